The van der Waals surface area contributed by atoms with Crippen molar-refractivity contribution in [2.24, 2.45) is 0 Å². The Bertz CT molecular complexity index is 1330. The summed E-state index contributed by atoms with van der Waals surface area (Å²) in [7, 11) is 0. The number of anilines is 2. The van der Waals surface area contributed by atoms with Crippen LogP contribution in [0.2, 0.25) is 10.0 Å². The Hall–Kier alpha value is -3.36. The first-order valence-electron chi connectivity index (χ1n) is 9.46. The fourth-order valence-corrected chi connectivity index (χ4v) is 3.95. The summed E-state index contributed by atoms with van der Waals surface area (Å²) >= 11 is 12.3. The lowest BCUT2D eigenvalue weighted by Crippen LogP contribution is -2.08. The molecule has 0 aliphatic heterocycles. The van der Waals surface area contributed by atoms with E-state index in [0.29, 0.717) is 22.4 Å². The van der Waals surface area contributed by atoms with Crippen molar-refractivity contribution in [2.45, 2.75) is 20.0 Å². The zero-order chi connectivity index (χ0) is 23.0. The number of furan rings is 1. The molecule has 0 saturated carbocycles. The number of hydrogen-bond donors (Lipinski definition) is 2. The van der Waals surface area contributed by atoms with Crippen molar-refractivity contribution >= 4 is 51.7 Å². The van der Waals surface area contributed by atoms with E-state index in [2.05, 4.69) is 15.3 Å². The lowest BCUT2D eigenvalue weighted by atomic mass is 10.1. The van der Waals surface area contributed by atoms with Crippen LogP contribution in [0.5, 0.6) is 5.75 Å². The van der Waals surface area contributed by atoms with Crippen LogP contribution in [0.1, 0.15) is 25.5 Å². The third-order valence-corrected chi connectivity index (χ3v) is 5.47. The van der Waals surface area contributed by atoms with Crippen LogP contribution in [0.25, 0.3) is 22.1 Å². The molecule has 0 saturated heterocycles. The summed E-state index contributed by atoms with van der Waals surface area (Å²) in [6, 6.07) is 6.05. The number of carbonyl (C=O) groups excluding carboxylic acids is 1. The van der Waals surface area contributed by atoms with Gasteiger partial charge in [0, 0.05) is 41.0 Å². The quantitative estimate of drug-likeness (QED) is 0.343. The Kier molecular flexibility index (Phi) is 5.90. The summed E-state index contributed by atoms with van der Waals surface area (Å²) in [5.74, 6) is -0.124. The number of rotatable bonds is 5. The summed E-state index contributed by atoms with van der Waals surface area (Å²) in [5, 5.41) is 3.37. The maximum absolute atomic E-state index is 13.9. The van der Waals surface area contributed by atoms with E-state index >= 15 is 0 Å². The van der Waals surface area contributed by atoms with Crippen LogP contribution < -0.4 is 15.8 Å². The topological polar surface area (TPSA) is 103 Å². The summed E-state index contributed by atoms with van der Waals surface area (Å²) in [5.41, 5.74) is 8.12. The summed E-state index contributed by atoms with van der Waals surface area (Å²) < 4.78 is 25.7. The van der Waals surface area contributed by atoms with Gasteiger partial charge in [0.1, 0.15) is 17.7 Å². The highest BCUT2D eigenvalue weighted by atomic mass is 35.5. The molecule has 10 heteroatoms. The molecular formula is C22H17Cl2FN4O3. The molecule has 32 heavy (non-hydrogen) atoms. The van der Waals surface area contributed by atoms with Crippen LogP contribution in [0.4, 0.5) is 16.0 Å². The van der Waals surface area contributed by atoms with Crippen molar-refractivity contribution in [3.8, 4) is 16.9 Å². The third kappa shape index (κ3) is 4.06. The van der Waals surface area contributed by atoms with Gasteiger partial charge in [-0.1, -0.05) is 23.2 Å². The van der Waals surface area contributed by atoms with Crippen molar-refractivity contribution in [1.82, 2.24) is 9.97 Å². The summed E-state index contributed by atoms with van der Waals surface area (Å²) in [4.78, 5) is 19.6. The first-order chi connectivity index (χ1) is 15.3. The Balaban J connectivity index is 1.72. The van der Waals surface area contributed by atoms with Gasteiger partial charge in [0.05, 0.1) is 16.7 Å². The molecule has 3 N–H and O–H groups in total. The van der Waals surface area contributed by atoms with Crippen LogP contribution in [0.3, 0.4) is 0 Å². The van der Waals surface area contributed by atoms with Crippen LogP contribution in [-0.2, 0) is 4.79 Å². The molecule has 0 unspecified atom stereocenters. The number of hydrogen-bond acceptors (Lipinski definition) is 6. The van der Waals surface area contributed by atoms with E-state index in [1.54, 1.807) is 31.5 Å². The van der Waals surface area contributed by atoms with Crippen molar-refractivity contribution < 1.29 is 18.3 Å². The molecule has 7 nitrogen and oxygen atoms in total. The number of nitrogens with one attached hydrogen (secondary N) is 1. The molecule has 0 radical (unpaired) electrons. The molecule has 3 aromatic heterocycles. The number of halogens is 3. The average Bonchev–Trinajstić information content (AvgIpc) is 3.17. The zero-order valence-electron chi connectivity index (χ0n) is 16.9. The molecule has 0 fully saturated rings. The molecule has 3 heterocycles. The van der Waals surface area contributed by atoms with Gasteiger partial charge in [-0.15, -0.1) is 0 Å². The number of nitrogens with two attached hydrogens (primary N) is 1. The average molecular weight is 475 g/mol. The van der Waals surface area contributed by atoms with E-state index in [0.717, 1.165) is 5.56 Å². The largest absolute Gasteiger partial charge is 0.478 e. The molecule has 1 aromatic carbocycles. The van der Waals surface area contributed by atoms with Gasteiger partial charge in [-0.2, -0.15) is 0 Å². The van der Waals surface area contributed by atoms with E-state index in [1.165, 1.54) is 25.3 Å². The number of amides is 1. The predicted molar refractivity (Wildman–Crippen MR) is 121 cm³/mol. The minimum Gasteiger partial charge on any atom is -0.478 e. The standard InChI is InChI=1S/C22H17Cl2FN4O3/c1-10(18-15(23)4-5-16(25)19(18)24)32-21-20-13(8-28-22(21)26)14(9-31-20)12-3-6-17(27-7-12)29-11(2)30/h3-10H,1-2H3,(H2,26,28)(H,27,29,30)/t10-/m1/s1. The van der Waals surface area contributed by atoms with E-state index < -0.39 is 11.9 Å². The van der Waals surface area contributed by atoms with E-state index in [9.17, 15) is 9.18 Å². The van der Waals surface area contributed by atoms with Gasteiger partial charge in [-0.25, -0.2) is 14.4 Å². The summed E-state index contributed by atoms with van der Waals surface area (Å²) in [6.45, 7) is 3.07. The smallest absolute Gasteiger partial charge is 0.222 e. The van der Waals surface area contributed by atoms with E-state index in [-0.39, 0.29) is 33.1 Å². The van der Waals surface area contributed by atoms with E-state index in [1.807, 2.05) is 0 Å². The summed E-state index contributed by atoms with van der Waals surface area (Å²) in [6.07, 6.45) is 3.94. The van der Waals surface area contributed by atoms with Gasteiger partial charge in [-0.3, -0.25) is 4.79 Å². The fourth-order valence-electron chi connectivity index (χ4n) is 3.28. The third-order valence-electron chi connectivity index (χ3n) is 4.76. The van der Waals surface area contributed by atoms with E-state index in [4.69, 9.17) is 38.1 Å². The lowest BCUT2D eigenvalue weighted by molar-refractivity contribution is -0.114. The lowest BCUT2D eigenvalue weighted by Gasteiger charge is -2.18. The van der Waals surface area contributed by atoms with Crippen LogP contribution in [-0.4, -0.2) is 15.9 Å². The molecule has 164 valence electrons. The normalized spacial score (nSPS) is 12.0. The van der Waals surface area contributed by atoms with Crippen molar-refractivity contribution in [3.05, 3.63) is 64.3 Å². The van der Waals surface area contributed by atoms with Crippen molar-refractivity contribution in [2.75, 3.05) is 11.1 Å². The van der Waals surface area contributed by atoms with Gasteiger partial charge in [-0.05, 0) is 31.2 Å². The molecular weight excluding hydrogens is 458 g/mol. The minimum atomic E-state index is -0.743. The Morgan fingerprint density at radius 1 is 1.22 bits per heavy atom. The highest BCUT2D eigenvalue weighted by molar-refractivity contribution is 6.36. The van der Waals surface area contributed by atoms with Crippen LogP contribution in [0.15, 0.2) is 47.3 Å². The fraction of sp³-hybridized carbons (Fsp3) is 0.136. The highest BCUT2D eigenvalue weighted by Crippen LogP contribution is 2.41. The second-order valence-corrected chi connectivity index (χ2v) is 7.78. The maximum Gasteiger partial charge on any atom is 0.222 e. The molecule has 4 aromatic rings. The number of nitrogen functional groups attached to an aromatic ring is 1. The number of pyridine rings is 2. The molecule has 0 bridgehead atoms. The Labute approximate surface area is 192 Å². The number of carbonyl (C=O) groups is 1. The second-order valence-electron chi connectivity index (χ2n) is 6.99. The Morgan fingerprint density at radius 2 is 2.00 bits per heavy atom. The predicted octanol–water partition coefficient (Wildman–Crippen LogP) is 6.02. The molecule has 0 spiro atoms. The van der Waals surface area contributed by atoms with Crippen molar-refractivity contribution in [1.29, 1.82) is 0 Å². The second kappa shape index (κ2) is 8.64. The number of fused-ring (bicyclic) bond motifs is 1. The molecule has 0 aliphatic rings. The number of benzene rings is 1. The molecule has 1 atom stereocenters. The maximum atomic E-state index is 13.9. The Morgan fingerprint density at radius 3 is 2.69 bits per heavy atom. The first kappa shape index (κ1) is 21.9. The van der Waals surface area contributed by atoms with Crippen LogP contribution >= 0.6 is 23.2 Å². The molecule has 4 rings (SSSR count). The highest BCUT2D eigenvalue weighted by Gasteiger charge is 2.23. The van der Waals surface area contributed by atoms with Gasteiger partial charge >= 0.3 is 0 Å². The first-order valence-corrected chi connectivity index (χ1v) is 10.2. The zero-order valence-corrected chi connectivity index (χ0v) is 18.5. The molecule has 1 amide bonds. The van der Waals surface area contributed by atoms with Crippen LogP contribution in [0, 0.1) is 5.82 Å². The minimum absolute atomic E-state index is 0.0908. The number of ether oxygens (including phenoxy) is 1. The van der Waals surface area contributed by atoms with Gasteiger partial charge in [0.25, 0.3) is 0 Å². The van der Waals surface area contributed by atoms with Gasteiger partial charge in [0.2, 0.25) is 11.7 Å². The SMILES string of the molecule is CC(=O)Nc1ccc(-c2coc3c(O[C@H](C)c4c(Cl)ccc(F)c4Cl)c(N)ncc23)cn1. The molecule has 0 aliphatic carbocycles. The monoisotopic (exact) mass is 474 g/mol. The number of aromatic nitrogens is 2. The van der Waals surface area contributed by atoms with Gasteiger partial charge < -0.3 is 20.2 Å². The van der Waals surface area contributed by atoms with Crippen molar-refractivity contribution in [3.63, 3.8) is 0 Å². The number of nitrogens with zero attached hydrogens (tertiary/aromatic N) is 2. The van der Waals surface area contributed by atoms with Gasteiger partial charge in [0.15, 0.2) is 11.4 Å².